The van der Waals surface area contributed by atoms with E-state index in [4.69, 9.17) is 20.6 Å². The molecule has 0 saturated carbocycles. The minimum atomic E-state index is -3.47. The molecular formula is C9H19ClN3O5P. The summed E-state index contributed by atoms with van der Waals surface area (Å²) in [7, 11) is -3.47. The number of nitrogens with one attached hydrogen (secondary N) is 1. The Labute approximate surface area is 117 Å². The predicted octanol–water partition coefficient (Wildman–Crippen LogP) is 2.53. The lowest BCUT2D eigenvalue weighted by Crippen LogP contribution is -2.42. The molecule has 0 heterocycles. The first-order chi connectivity index (χ1) is 8.95. The average Bonchev–Trinajstić information content (AvgIpc) is 2.36. The van der Waals surface area contributed by atoms with Crippen LogP contribution in [0.2, 0.25) is 0 Å². The topological polar surface area (TPSA) is 97.3 Å². The van der Waals surface area contributed by atoms with E-state index in [9.17, 15) is 14.3 Å². The molecule has 10 heteroatoms. The van der Waals surface area contributed by atoms with Crippen molar-refractivity contribution in [1.29, 1.82) is 0 Å². The first-order valence-electron chi connectivity index (χ1n) is 5.81. The van der Waals surface area contributed by atoms with Crippen LogP contribution in [0, 0.1) is 4.91 Å². The van der Waals surface area contributed by atoms with Crippen LogP contribution >= 0.6 is 19.2 Å². The molecule has 112 valence electrons. The Bertz CT molecular complexity index is 334. The van der Waals surface area contributed by atoms with Crippen molar-refractivity contribution in [3.8, 4) is 0 Å². The van der Waals surface area contributed by atoms with Gasteiger partial charge in [-0.2, -0.15) is 5.01 Å². The van der Waals surface area contributed by atoms with E-state index in [0.29, 0.717) is 5.01 Å². The largest absolute Gasteiger partial charge is 0.352 e. The van der Waals surface area contributed by atoms with Crippen molar-refractivity contribution in [3.63, 3.8) is 0 Å². The molecule has 0 saturated heterocycles. The number of amides is 2. The molecule has 0 aromatic rings. The van der Waals surface area contributed by atoms with E-state index < -0.39 is 19.4 Å². The van der Waals surface area contributed by atoms with Crippen LogP contribution in [-0.2, 0) is 13.6 Å². The van der Waals surface area contributed by atoms with Crippen molar-refractivity contribution in [1.82, 2.24) is 10.3 Å². The van der Waals surface area contributed by atoms with Crippen molar-refractivity contribution in [2.24, 2.45) is 5.29 Å². The summed E-state index contributed by atoms with van der Waals surface area (Å²) in [5.74, 6) is -0.846. The molecule has 0 aromatic heterocycles. The number of carbonyl (C=O) groups is 1. The zero-order chi connectivity index (χ0) is 14.9. The van der Waals surface area contributed by atoms with Gasteiger partial charge in [0, 0.05) is 5.88 Å². The van der Waals surface area contributed by atoms with E-state index in [1.807, 2.05) is 0 Å². The lowest BCUT2D eigenvalue weighted by Gasteiger charge is -2.25. The Kier molecular flexibility index (Phi) is 8.92. The van der Waals surface area contributed by atoms with Gasteiger partial charge in [0.15, 0.2) is 0 Å². The van der Waals surface area contributed by atoms with Crippen molar-refractivity contribution in [2.45, 2.75) is 26.6 Å². The smallest absolute Gasteiger partial charge is 0.322 e. The highest BCUT2D eigenvalue weighted by molar-refractivity contribution is 7.54. The number of rotatable bonds is 9. The fourth-order valence-corrected chi connectivity index (χ4v) is 2.88. The molecule has 0 aromatic carbocycles. The Morgan fingerprint density at radius 1 is 1.42 bits per heavy atom. The van der Waals surface area contributed by atoms with Crippen LogP contribution in [-0.4, -0.2) is 42.5 Å². The van der Waals surface area contributed by atoms with Gasteiger partial charge in [0.05, 0.1) is 25.0 Å². The van der Waals surface area contributed by atoms with Crippen molar-refractivity contribution in [3.05, 3.63) is 4.91 Å². The number of nitrogens with zero attached hydrogens (tertiary/aromatic N) is 2. The molecule has 0 bridgehead atoms. The van der Waals surface area contributed by atoms with E-state index >= 15 is 0 Å². The Balaban J connectivity index is 4.71. The van der Waals surface area contributed by atoms with Crippen LogP contribution in [0.5, 0.6) is 0 Å². The number of urea groups is 1. The maximum Gasteiger partial charge on any atom is 0.352 e. The summed E-state index contributed by atoms with van der Waals surface area (Å²) < 4.78 is 22.4. The van der Waals surface area contributed by atoms with E-state index in [-0.39, 0.29) is 25.6 Å². The van der Waals surface area contributed by atoms with Crippen molar-refractivity contribution >= 4 is 25.2 Å². The van der Waals surface area contributed by atoms with Gasteiger partial charge in [-0.05, 0) is 20.8 Å². The molecule has 0 aliphatic rings. The molecule has 0 rings (SSSR count). The van der Waals surface area contributed by atoms with Crippen molar-refractivity contribution < 1.29 is 18.4 Å². The first kappa shape index (κ1) is 18.3. The van der Waals surface area contributed by atoms with Gasteiger partial charge in [-0.25, -0.2) is 4.79 Å². The lowest BCUT2D eigenvalue weighted by molar-refractivity contribution is 0.189. The number of halogens is 1. The van der Waals surface area contributed by atoms with Crippen molar-refractivity contribution in [2.75, 3.05) is 25.6 Å². The summed E-state index contributed by atoms with van der Waals surface area (Å²) in [4.78, 5) is 22.1. The molecule has 0 spiro atoms. The number of alkyl halides is 1. The van der Waals surface area contributed by atoms with Gasteiger partial charge in [-0.1, -0.05) is 0 Å². The highest BCUT2D eigenvalue weighted by Crippen LogP contribution is 2.51. The van der Waals surface area contributed by atoms with E-state index in [0.717, 1.165) is 0 Å². The molecule has 0 fully saturated rings. The minimum Gasteiger partial charge on any atom is -0.322 e. The van der Waals surface area contributed by atoms with Crippen LogP contribution in [0.4, 0.5) is 4.79 Å². The van der Waals surface area contributed by atoms with E-state index in [2.05, 4.69) is 10.6 Å². The van der Waals surface area contributed by atoms with Gasteiger partial charge >= 0.3 is 13.6 Å². The molecule has 8 nitrogen and oxygen atoms in total. The molecular weight excluding hydrogens is 297 g/mol. The fourth-order valence-electron chi connectivity index (χ4n) is 1.21. The average molecular weight is 316 g/mol. The second-order valence-electron chi connectivity index (χ2n) is 3.39. The standard InChI is InChI=1S/C9H19ClN3O5P/c1-4-17-19(16,18-5-2)8(3)11-9(14)13(12-15)7-6-10/h8H,4-7H2,1-3H3,(H,11,14)/t8-/m1/s1. The van der Waals surface area contributed by atoms with Crippen LogP contribution in [0.1, 0.15) is 20.8 Å². The predicted molar refractivity (Wildman–Crippen MR) is 72.1 cm³/mol. The van der Waals surface area contributed by atoms with Crippen LogP contribution in [0.15, 0.2) is 5.29 Å². The summed E-state index contributed by atoms with van der Waals surface area (Å²) in [5.41, 5.74) is 0. The number of carbonyl (C=O) groups excluding carboxylic acids is 1. The van der Waals surface area contributed by atoms with Crippen LogP contribution in [0.25, 0.3) is 0 Å². The maximum absolute atomic E-state index is 12.3. The highest BCUT2D eigenvalue weighted by Gasteiger charge is 2.34. The summed E-state index contributed by atoms with van der Waals surface area (Å²) in [6.45, 7) is 5.09. The number of hydrogen-bond acceptors (Lipinski definition) is 6. The molecule has 1 atom stereocenters. The highest BCUT2D eigenvalue weighted by atomic mass is 35.5. The van der Waals surface area contributed by atoms with Gasteiger partial charge in [-0.15, -0.1) is 16.5 Å². The van der Waals surface area contributed by atoms with Gasteiger partial charge < -0.3 is 14.4 Å². The summed E-state index contributed by atoms with van der Waals surface area (Å²) >= 11 is 5.42. The first-order valence-corrected chi connectivity index (χ1v) is 7.95. The normalized spacial score (nSPS) is 12.8. The van der Waals surface area contributed by atoms with Gasteiger partial charge in [0.25, 0.3) is 0 Å². The summed E-state index contributed by atoms with van der Waals surface area (Å²) in [6, 6.07) is -0.803. The maximum atomic E-state index is 12.3. The molecule has 1 N–H and O–H groups in total. The van der Waals surface area contributed by atoms with Crippen LogP contribution < -0.4 is 5.32 Å². The molecule has 0 aliphatic carbocycles. The molecule has 0 radical (unpaired) electrons. The van der Waals surface area contributed by atoms with Gasteiger partial charge in [0.2, 0.25) is 0 Å². The summed E-state index contributed by atoms with van der Waals surface area (Å²) in [6.07, 6.45) is 0. The number of hydrogen-bond donors (Lipinski definition) is 1. The molecule has 0 unspecified atom stereocenters. The SMILES string of the molecule is CCOP(=O)(OCC)[C@H](C)NC(=O)N(CCCl)N=O. The Morgan fingerprint density at radius 3 is 2.32 bits per heavy atom. The third-order valence-corrected chi connectivity index (χ3v) is 4.54. The third kappa shape index (κ3) is 5.86. The quantitative estimate of drug-likeness (QED) is 0.305. The fraction of sp³-hybridized carbons (Fsp3) is 0.889. The van der Waals surface area contributed by atoms with Crippen LogP contribution in [0.3, 0.4) is 0 Å². The third-order valence-electron chi connectivity index (χ3n) is 2.05. The minimum absolute atomic E-state index is 0.0445. The molecule has 0 aliphatic heterocycles. The van der Waals surface area contributed by atoms with Gasteiger partial charge in [0.1, 0.15) is 5.78 Å². The second kappa shape index (κ2) is 9.25. The molecule has 19 heavy (non-hydrogen) atoms. The Hall–Kier alpha value is -0.690. The molecule has 2 amide bonds. The summed E-state index contributed by atoms with van der Waals surface area (Å²) in [5, 5.41) is 5.47. The Morgan fingerprint density at radius 2 is 1.95 bits per heavy atom. The second-order valence-corrected chi connectivity index (χ2v) is 6.14. The zero-order valence-electron chi connectivity index (χ0n) is 11.2. The van der Waals surface area contributed by atoms with Gasteiger partial charge in [-0.3, -0.25) is 4.57 Å². The monoisotopic (exact) mass is 315 g/mol. The van der Waals surface area contributed by atoms with E-state index in [1.54, 1.807) is 13.8 Å². The number of nitroso groups, excluding NO2 is 1. The van der Waals surface area contributed by atoms with E-state index in [1.165, 1.54) is 6.92 Å². The lowest BCUT2D eigenvalue weighted by atomic mass is 10.6. The zero-order valence-corrected chi connectivity index (χ0v) is 12.8.